The van der Waals surface area contributed by atoms with Crippen molar-refractivity contribution in [3.63, 3.8) is 0 Å². The number of anilines is 2. The van der Waals surface area contributed by atoms with E-state index in [4.69, 9.17) is 0 Å². The molecule has 0 unspecified atom stereocenters. The molecule has 0 fully saturated rings. The lowest BCUT2D eigenvalue weighted by Crippen LogP contribution is -2.25. The maximum absolute atomic E-state index is 13.0. The van der Waals surface area contributed by atoms with Crippen LogP contribution in [0.25, 0.3) is 0 Å². The summed E-state index contributed by atoms with van der Waals surface area (Å²) >= 11 is 0. The van der Waals surface area contributed by atoms with Crippen LogP contribution < -0.4 is 4.90 Å². The van der Waals surface area contributed by atoms with Crippen molar-refractivity contribution in [2.24, 2.45) is 0 Å². The first-order valence-electron chi connectivity index (χ1n) is 11.9. The van der Waals surface area contributed by atoms with Gasteiger partial charge in [-0.25, -0.2) is 0 Å². The molecule has 2 aromatic carbocycles. The van der Waals surface area contributed by atoms with Gasteiger partial charge in [0.15, 0.2) is 0 Å². The van der Waals surface area contributed by atoms with Crippen molar-refractivity contribution in [3.05, 3.63) is 72.8 Å². The lowest BCUT2D eigenvalue weighted by Gasteiger charge is -2.23. The van der Waals surface area contributed by atoms with Crippen LogP contribution in [0, 0.1) is 0 Å². The Morgan fingerprint density at radius 3 is 1.67 bits per heavy atom. The molecule has 0 aliphatic rings. The number of hydrogen-bond acceptors (Lipinski definition) is 1. The third kappa shape index (κ3) is 9.43. The second-order valence-electron chi connectivity index (χ2n) is 8.03. The molecule has 1 amide bonds. The molecule has 0 bridgehead atoms. The van der Waals surface area contributed by atoms with E-state index < -0.39 is 0 Å². The normalized spacial score (nSPS) is 11.1. The maximum atomic E-state index is 13.0. The van der Waals surface area contributed by atoms with E-state index in [1.165, 1.54) is 57.8 Å². The molecule has 0 saturated heterocycles. The highest BCUT2D eigenvalue weighted by Gasteiger charge is 2.16. The van der Waals surface area contributed by atoms with E-state index in [2.05, 4.69) is 19.1 Å². The standard InChI is InChI=1S/C28H39NO/c1-2-3-4-5-6-7-8-9-10-11-12-13-20-25-28(30)29(26-21-16-14-17-22-26)27-23-18-15-19-24-27/h7-8,14-19,21-24H,2-6,9-13,20,25H2,1H3. The lowest BCUT2D eigenvalue weighted by atomic mass is 10.1. The minimum absolute atomic E-state index is 0.179. The molecular weight excluding hydrogens is 366 g/mol. The molecule has 0 heterocycles. The first-order valence-corrected chi connectivity index (χ1v) is 11.9. The van der Waals surface area contributed by atoms with Crippen molar-refractivity contribution in [1.29, 1.82) is 0 Å². The summed E-state index contributed by atoms with van der Waals surface area (Å²) in [6.45, 7) is 2.26. The smallest absolute Gasteiger partial charge is 0.231 e. The monoisotopic (exact) mass is 405 g/mol. The van der Waals surface area contributed by atoms with Crippen LogP contribution in [0.4, 0.5) is 11.4 Å². The molecule has 0 radical (unpaired) electrons. The summed E-state index contributed by atoms with van der Waals surface area (Å²) in [5, 5.41) is 0. The number of rotatable bonds is 15. The molecule has 0 spiro atoms. The number of nitrogens with zero attached hydrogens (tertiary/aromatic N) is 1. The van der Waals surface area contributed by atoms with Gasteiger partial charge in [-0.15, -0.1) is 0 Å². The Labute approximate surface area is 184 Å². The average Bonchev–Trinajstić information content (AvgIpc) is 2.78. The van der Waals surface area contributed by atoms with Crippen LogP contribution in [0.3, 0.4) is 0 Å². The number of amides is 1. The molecule has 2 rings (SSSR count). The minimum Gasteiger partial charge on any atom is -0.281 e. The molecule has 2 heteroatoms. The summed E-state index contributed by atoms with van der Waals surface area (Å²) in [5.41, 5.74) is 1.88. The molecule has 0 atom stereocenters. The van der Waals surface area contributed by atoms with Crippen LogP contribution in [-0.2, 0) is 4.79 Å². The Morgan fingerprint density at radius 2 is 1.13 bits per heavy atom. The average molecular weight is 406 g/mol. The van der Waals surface area contributed by atoms with Crippen molar-refractivity contribution in [3.8, 4) is 0 Å². The maximum Gasteiger partial charge on any atom is 0.231 e. The number of carbonyl (C=O) groups is 1. The van der Waals surface area contributed by atoms with Crippen LogP contribution >= 0.6 is 0 Å². The molecule has 162 valence electrons. The van der Waals surface area contributed by atoms with E-state index >= 15 is 0 Å². The molecule has 2 aromatic rings. The fourth-order valence-electron chi connectivity index (χ4n) is 3.70. The molecule has 0 N–H and O–H groups in total. The number of para-hydroxylation sites is 2. The van der Waals surface area contributed by atoms with E-state index in [9.17, 15) is 4.79 Å². The summed E-state index contributed by atoms with van der Waals surface area (Å²) < 4.78 is 0. The highest BCUT2D eigenvalue weighted by molar-refractivity contribution is 6.00. The predicted octanol–water partition coefficient (Wildman–Crippen LogP) is 8.61. The Bertz CT molecular complexity index is 668. The van der Waals surface area contributed by atoms with Crippen LogP contribution in [0.15, 0.2) is 72.8 Å². The molecule has 0 aromatic heterocycles. The van der Waals surface area contributed by atoms with Gasteiger partial charge in [0, 0.05) is 17.8 Å². The van der Waals surface area contributed by atoms with Gasteiger partial charge < -0.3 is 0 Å². The third-order valence-electron chi connectivity index (χ3n) is 5.43. The van der Waals surface area contributed by atoms with Crippen LogP contribution in [0.1, 0.15) is 84.0 Å². The van der Waals surface area contributed by atoms with Gasteiger partial charge in [-0.1, -0.05) is 94.0 Å². The van der Waals surface area contributed by atoms with Gasteiger partial charge in [0.05, 0.1) is 0 Å². The molecule has 0 aliphatic carbocycles. The van der Waals surface area contributed by atoms with Crippen LogP contribution in [0.5, 0.6) is 0 Å². The van der Waals surface area contributed by atoms with Crippen LogP contribution in [0.2, 0.25) is 0 Å². The summed E-state index contributed by atoms with van der Waals surface area (Å²) in [5.74, 6) is 0.179. The Balaban J connectivity index is 1.64. The van der Waals surface area contributed by atoms with Gasteiger partial charge in [0.25, 0.3) is 0 Å². The fraction of sp³-hybridized carbons (Fsp3) is 0.464. The minimum atomic E-state index is 0.179. The van der Waals surface area contributed by atoms with Gasteiger partial charge in [0.1, 0.15) is 0 Å². The quantitative estimate of drug-likeness (QED) is 0.214. The lowest BCUT2D eigenvalue weighted by molar-refractivity contribution is -0.118. The predicted molar refractivity (Wildman–Crippen MR) is 130 cm³/mol. The van der Waals surface area contributed by atoms with Gasteiger partial charge in [0.2, 0.25) is 5.91 Å². The van der Waals surface area contributed by atoms with E-state index in [1.807, 2.05) is 65.6 Å². The van der Waals surface area contributed by atoms with E-state index in [0.29, 0.717) is 6.42 Å². The fourth-order valence-corrected chi connectivity index (χ4v) is 3.70. The number of hydrogen-bond donors (Lipinski definition) is 0. The third-order valence-corrected chi connectivity index (χ3v) is 5.43. The Kier molecular flexibility index (Phi) is 12.3. The van der Waals surface area contributed by atoms with Crippen molar-refractivity contribution in [1.82, 2.24) is 0 Å². The number of allylic oxidation sites excluding steroid dienone is 2. The molecule has 0 saturated carbocycles. The number of carbonyl (C=O) groups excluding carboxylic acids is 1. The van der Waals surface area contributed by atoms with Crippen molar-refractivity contribution in [2.75, 3.05) is 4.90 Å². The highest BCUT2D eigenvalue weighted by Crippen LogP contribution is 2.26. The zero-order valence-corrected chi connectivity index (χ0v) is 18.8. The molecule has 0 aliphatic heterocycles. The van der Waals surface area contributed by atoms with Crippen molar-refractivity contribution in [2.45, 2.75) is 84.0 Å². The largest absolute Gasteiger partial charge is 0.281 e. The highest BCUT2D eigenvalue weighted by atomic mass is 16.2. The molecule has 30 heavy (non-hydrogen) atoms. The topological polar surface area (TPSA) is 20.3 Å². The Morgan fingerprint density at radius 1 is 0.667 bits per heavy atom. The zero-order valence-electron chi connectivity index (χ0n) is 18.8. The second-order valence-corrected chi connectivity index (χ2v) is 8.03. The van der Waals surface area contributed by atoms with E-state index in [1.54, 1.807) is 0 Å². The first kappa shape index (κ1) is 23.9. The van der Waals surface area contributed by atoms with Crippen molar-refractivity contribution >= 4 is 17.3 Å². The SMILES string of the molecule is CCCCCCC=CCCCCCCCC(=O)N(c1ccccc1)c1ccccc1. The molecule has 2 nitrogen and oxygen atoms in total. The summed E-state index contributed by atoms with van der Waals surface area (Å²) in [6, 6.07) is 19.9. The number of benzene rings is 2. The van der Waals surface area contributed by atoms with Gasteiger partial charge in [-0.3, -0.25) is 9.69 Å². The first-order chi connectivity index (χ1) is 14.8. The Hall–Kier alpha value is -2.35. The second kappa shape index (κ2) is 15.5. The van der Waals surface area contributed by atoms with Crippen molar-refractivity contribution < 1.29 is 4.79 Å². The number of unbranched alkanes of at least 4 members (excludes halogenated alkanes) is 9. The van der Waals surface area contributed by atoms with E-state index in [-0.39, 0.29) is 5.91 Å². The zero-order chi connectivity index (χ0) is 21.3. The summed E-state index contributed by atoms with van der Waals surface area (Å²) in [4.78, 5) is 14.8. The van der Waals surface area contributed by atoms with Gasteiger partial charge in [-0.05, 0) is 56.4 Å². The van der Waals surface area contributed by atoms with Gasteiger partial charge in [-0.2, -0.15) is 0 Å². The summed E-state index contributed by atoms with van der Waals surface area (Å²) in [7, 11) is 0. The summed E-state index contributed by atoms with van der Waals surface area (Å²) in [6.07, 6.45) is 19.0. The molecular formula is C28H39NO. The van der Waals surface area contributed by atoms with Gasteiger partial charge >= 0.3 is 0 Å². The van der Waals surface area contributed by atoms with E-state index in [0.717, 1.165) is 24.2 Å². The van der Waals surface area contributed by atoms with Crippen LogP contribution in [-0.4, -0.2) is 5.91 Å².